The Morgan fingerprint density at radius 3 is 2.35 bits per heavy atom. The predicted molar refractivity (Wildman–Crippen MR) is 109 cm³/mol. The number of aromatic nitrogens is 2. The topological polar surface area (TPSA) is 67.1 Å². The molecular formula is C21H25N5. The summed E-state index contributed by atoms with van der Waals surface area (Å²) in [5.74, 6) is 1.86. The number of nitrogens with zero attached hydrogens (tertiary/aromatic N) is 3. The predicted octanol–water partition coefficient (Wildman–Crippen LogP) is 4.10. The van der Waals surface area contributed by atoms with Crippen molar-refractivity contribution < 1.29 is 0 Å². The molecule has 0 spiro atoms. The van der Waals surface area contributed by atoms with E-state index in [9.17, 15) is 0 Å². The smallest absolute Gasteiger partial charge is 0.229 e. The first-order chi connectivity index (χ1) is 12.5. The van der Waals surface area contributed by atoms with E-state index in [4.69, 9.17) is 5.73 Å². The van der Waals surface area contributed by atoms with Crippen LogP contribution in [0.2, 0.25) is 0 Å². The lowest BCUT2D eigenvalue weighted by Crippen LogP contribution is -2.23. The molecule has 3 rings (SSSR count). The van der Waals surface area contributed by atoms with E-state index in [1.807, 2.05) is 37.1 Å². The second-order valence-corrected chi connectivity index (χ2v) is 6.53. The first-order valence-corrected chi connectivity index (χ1v) is 8.76. The van der Waals surface area contributed by atoms with Gasteiger partial charge in [0.15, 0.2) is 0 Å². The zero-order valence-corrected chi connectivity index (χ0v) is 15.5. The van der Waals surface area contributed by atoms with Crippen LogP contribution in [0.4, 0.5) is 23.3 Å². The number of anilines is 4. The van der Waals surface area contributed by atoms with E-state index in [2.05, 4.69) is 58.6 Å². The van der Waals surface area contributed by atoms with Gasteiger partial charge in [0.25, 0.3) is 0 Å². The van der Waals surface area contributed by atoms with Gasteiger partial charge in [0.05, 0.1) is 0 Å². The zero-order chi connectivity index (χ0) is 18.5. The maximum atomic E-state index is 6.13. The third-order valence-corrected chi connectivity index (χ3v) is 4.41. The van der Waals surface area contributed by atoms with E-state index in [0.717, 1.165) is 30.0 Å². The largest absolute Gasteiger partial charge is 0.383 e. The molecule has 5 heteroatoms. The number of hydrogen-bond acceptors (Lipinski definition) is 5. The Hall–Kier alpha value is -3.08. The summed E-state index contributed by atoms with van der Waals surface area (Å²) in [5.41, 5.74) is 10.5. The lowest BCUT2D eigenvalue weighted by Gasteiger charge is -2.20. The molecule has 1 aromatic heterocycles. The standard InChI is InChI=1S/C21H25N5/c1-15-9-11-18(12-10-15)23-20-16(2)19(22)24-21(25-20)26(3)14-13-17-7-5-4-6-8-17/h4-12H,13-14H2,1-3H3,(H3,22,23,24,25). The summed E-state index contributed by atoms with van der Waals surface area (Å²) < 4.78 is 0. The van der Waals surface area contributed by atoms with Crippen LogP contribution in [0, 0.1) is 13.8 Å². The highest BCUT2D eigenvalue weighted by atomic mass is 15.3. The summed E-state index contributed by atoms with van der Waals surface area (Å²) in [4.78, 5) is 11.2. The van der Waals surface area contributed by atoms with E-state index in [1.54, 1.807) is 0 Å². The zero-order valence-electron chi connectivity index (χ0n) is 15.5. The summed E-state index contributed by atoms with van der Waals surface area (Å²) in [6, 6.07) is 18.6. The van der Waals surface area contributed by atoms with E-state index < -0.39 is 0 Å². The molecule has 0 aliphatic rings. The third-order valence-electron chi connectivity index (χ3n) is 4.41. The number of aryl methyl sites for hydroxylation is 1. The first kappa shape index (κ1) is 17.7. The Labute approximate surface area is 154 Å². The average Bonchev–Trinajstić information content (AvgIpc) is 2.66. The fourth-order valence-electron chi connectivity index (χ4n) is 2.63. The molecule has 5 nitrogen and oxygen atoms in total. The number of rotatable bonds is 6. The molecule has 0 unspecified atom stereocenters. The maximum Gasteiger partial charge on any atom is 0.229 e. The summed E-state index contributed by atoms with van der Waals surface area (Å²) >= 11 is 0. The van der Waals surface area contributed by atoms with Gasteiger partial charge in [0.1, 0.15) is 11.6 Å². The van der Waals surface area contributed by atoms with Gasteiger partial charge in [-0.1, -0.05) is 48.0 Å². The highest BCUT2D eigenvalue weighted by Gasteiger charge is 2.12. The summed E-state index contributed by atoms with van der Waals surface area (Å²) in [5, 5.41) is 3.35. The molecule has 3 aromatic rings. The van der Waals surface area contributed by atoms with Crippen LogP contribution in [0.1, 0.15) is 16.7 Å². The molecule has 1 heterocycles. The normalized spacial score (nSPS) is 10.6. The van der Waals surface area contributed by atoms with Crippen molar-refractivity contribution in [3.8, 4) is 0 Å². The Bertz CT molecular complexity index is 860. The Kier molecular flexibility index (Phi) is 5.37. The molecule has 0 saturated carbocycles. The second-order valence-electron chi connectivity index (χ2n) is 6.53. The van der Waals surface area contributed by atoms with Crippen molar-refractivity contribution in [2.75, 3.05) is 29.5 Å². The van der Waals surface area contributed by atoms with Gasteiger partial charge in [-0.2, -0.15) is 9.97 Å². The van der Waals surface area contributed by atoms with E-state index in [-0.39, 0.29) is 0 Å². The lowest BCUT2D eigenvalue weighted by atomic mass is 10.1. The van der Waals surface area contributed by atoms with Gasteiger partial charge in [-0.25, -0.2) is 0 Å². The van der Waals surface area contributed by atoms with Crippen molar-refractivity contribution in [1.29, 1.82) is 0 Å². The van der Waals surface area contributed by atoms with E-state index >= 15 is 0 Å². The SMILES string of the molecule is Cc1ccc(Nc2nc(N(C)CCc3ccccc3)nc(N)c2C)cc1. The van der Waals surface area contributed by atoms with Crippen LogP contribution in [0.25, 0.3) is 0 Å². The van der Waals surface area contributed by atoms with Crippen LogP contribution in [0.5, 0.6) is 0 Å². The molecule has 0 bridgehead atoms. The summed E-state index contributed by atoms with van der Waals surface area (Å²) in [7, 11) is 1.99. The molecule has 3 N–H and O–H groups in total. The second kappa shape index (κ2) is 7.87. The minimum atomic E-state index is 0.496. The molecule has 0 radical (unpaired) electrons. The lowest BCUT2D eigenvalue weighted by molar-refractivity contribution is 0.838. The molecule has 0 atom stereocenters. The monoisotopic (exact) mass is 347 g/mol. The molecular weight excluding hydrogens is 322 g/mol. The Balaban J connectivity index is 1.77. The highest BCUT2D eigenvalue weighted by Crippen LogP contribution is 2.24. The first-order valence-electron chi connectivity index (χ1n) is 8.76. The Morgan fingerprint density at radius 2 is 1.65 bits per heavy atom. The molecule has 2 aromatic carbocycles. The maximum absolute atomic E-state index is 6.13. The number of hydrogen-bond donors (Lipinski definition) is 2. The molecule has 0 aliphatic heterocycles. The van der Waals surface area contributed by atoms with Crippen LogP contribution >= 0.6 is 0 Å². The van der Waals surface area contributed by atoms with Gasteiger partial charge in [-0.3, -0.25) is 0 Å². The molecule has 0 fully saturated rings. The van der Waals surface area contributed by atoms with Gasteiger partial charge in [-0.15, -0.1) is 0 Å². The highest BCUT2D eigenvalue weighted by molar-refractivity contribution is 5.65. The fourth-order valence-corrected chi connectivity index (χ4v) is 2.63. The van der Waals surface area contributed by atoms with Crippen molar-refractivity contribution in [2.24, 2.45) is 0 Å². The van der Waals surface area contributed by atoms with Gasteiger partial charge in [0.2, 0.25) is 5.95 Å². The number of nitrogens with two attached hydrogens (primary N) is 1. The van der Waals surface area contributed by atoms with Crippen LogP contribution in [-0.2, 0) is 6.42 Å². The number of likely N-dealkylation sites (N-methyl/N-ethyl adjacent to an activating group) is 1. The van der Waals surface area contributed by atoms with Crippen molar-refractivity contribution in [2.45, 2.75) is 20.3 Å². The van der Waals surface area contributed by atoms with Crippen molar-refractivity contribution in [1.82, 2.24) is 9.97 Å². The molecule has 0 saturated heterocycles. The molecule has 0 aliphatic carbocycles. The molecule has 26 heavy (non-hydrogen) atoms. The average molecular weight is 347 g/mol. The Morgan fingerprint density at radius 1 is 0.962 bits per heavy atom. The van der Waals surface area contributed by atoms with Crippen LogP contribution in [0.15, 0.2) is 54.6 Å². The quantitative estimate of drug-likeness (QED) is 0.703. The van der Waals surface area contributed by atoms with Crippen molar-refractivity contribution in [3.63, 3.8) is 0 Å². The summed E-state index contributed by atoms with van der Waals surface area (Å²) in [6.45, 7) is 4.81. The van der Waals surface area contributed by atoms with Gasteiger partial charge >= 0.3 is 0 Å². The van der Waals surface area contributed by atoms with Crippen LogP contribution in [-0.4, -0.2) is 23.6 Å². The minimum absolute atomic E-state index is 0.496. The van der Waals surface area contributed by atoms with Crippen LogP contribution < -0.4 is 16.0 Å². The van der Waals surface area contributed by atoms with E-state index in [1.165, 1.54) is 11.1 Å². The van der Waals surface area contributed by atoms with Crippen molar-refractivity contribution >= 4 is 23.3 Å². The summed E-state index contributed by atoms with van der Waals surface area (Å²) in [6.07, 6.45) is 0.926. The third kappa shape index (κ3) is 4.30. The minimum Gasteiger partial charge on any atom is -0.383 e. The molecule has 134 valence electrons. The van der Waals surface area contributed by atoms with E-state index in [0.29, 0.717) is 11.8 Å². The van der Waals surface area contributed by atoms with Gasteiger partial charge in [0, 0.05) is 24.8 Å². The fraction of sp³-hybridized carbons (Fsp3) is 0.238. The van der Waals surface area contributed by atoms with Crippen molar-refractivity contribution in [3.05, 3.63) is 71.3 Å². The number of nitrogens with one attached hydrogen (secondary N) is 1. The molecule has 0 amide bonds. The number of nitrogen functional groups attached to an aromatic ring is 1. The van der Waals surface area contributed by atoms with Gasteiger partial charge in [-0.05, 0) is 38.0 Å². The number of benzene rings is 2. The van der Waals surface area contributed by atoms with Gasteiger partial charge < -0.3 is 16.0 Å². The van der Waals surface area contributed by atoms with Crippen LogP contribution in [0.3, 0.4) is 0 Å².